The van der Waals surface area contributed by atoms with Gasteiger partial charge in [0.25, 0.3) is 0 Å². The summed E-state index contributed by atoms with van der Waals surface area (Å²) in [4.78, 5) is 23.6. The molecule has 0 radical (unpaired) electrons. The molecule has 0 saturated heterocycles. The maximum absolute atomic E-state index is 11.8. The van der Waals surface area contributed by atoms with Crippen LogP contribution >= 0.6 is 11.3 Å². The number of carboxylic acid groups (broad SMARTS) is 1. The fraction of sp³-hybridized carbons (Fsp3) is 0.286. The van der Waals surface area contributed by atoms with Gasteiger partial charge in [0.2, 0.25) is 0 Å². The van der Waals surface area contributed by atoms with E-state index >= 15 is 0 Å². The number of nitrogens with zero attached hydrogens (tertiary/aromatic N) is 1. The highest BCUT2D eigenvalue weighted by atomic mass is 32.1. The second kappa shape index (κ2) is 6.38. The van der Waals surface area contributed by atoms with Crippen LogP contribution in [0, 0.1) is 0 Å². The second-order valence-electron chi connectivity index (χ2n) is 4.52. The molecule has 0 bridgehead atoms. The van der Waals surface area contributed by atoms with Gasteiger partial charge in [0, 0.05) is 24.8 Å². The van der Waals surface area contributed by atoms with Crippen LogP contribution in [0.5, 0.6) is 0 Å². The first-order valence-electron chi connectivity index (χ1n) is 6.23. The van der Waals surface area contributed by atoms with Gasteiger partial charge in [0.1, 0.15) is 0 Å². The van der Waals surface area contributed by atoms with Crippen molar-refractivity contribution in [2.75, 3.05) is 13.6 Å². The summed E-state index contributed by atoms with van der Waals surface area (Å²) in [7, 11) is 1.58. The van der Waals surface area contributed by atoms with Crippen molar-refractivity contribution in [1.29, 1.82) is 0 Å². The number of carboxylic acids is 1. The Kier molecular flexibility index (Phi) is 4.57. The molecule has 6 heteroatoms. The van der Waals surface area contributed by atoms with E-state index in [1.54, 1.807) is 18.4 Å². The van der Waals surface area contributed by atoms with Gasteiger partial charge in [0.05, 0.1) is 6.42 Å². The Labute approximate surface area is 120 Å². The third-order valence-electron chi connectivity index (χ3n) is 2.97. The molecular formula is C14H16N2O3S. The number of rotatable bonds is 5. The number of thiophene rings is 1. The number of benzene rings is 1. The maximum atomic E-state index is 11.8. The van der Waals surface area contributed by atoms with Gasteiger partial charge in [-0.3, -0.25) is 4.79 Å². The summed E-state index contributed by atoms with van der Waals surface area (Å²) >= 11 is 1.68. The van der Waals surface area contributed by atoms with E-state index in [9.17, 15) is 9.59 Å². The van der Waals surface area contributed by atoms with Gasteiger partial charge >= 0.3 is 12.0 Å². The highest BCUT2D eigenvalue weighted by molar-refractivity contribution is 7.17. The number of aliphatic carboxylic acids is 1. The summed E-state index contributed by atoms with van der Waals surface area (Å²) in [6.07, 6.45) is -0.0508. The molecule has 106 valence electrons. The number of hydrogen-bond donors (Lipinski definition) is 2. The monoisotopic (exact) mass is 292 g/mol. The Bertz CT molecular complexity index is 624. The van der Waals surface area contributed by atoms with Gasteiger partial charge in [0.15, 0.2) is 0 Å². The van der Waals surface area contributed by atoms with E-state index in [1.165, 1.54) is 15.0 Å². The molecule has 0 aliphatic rings. The Balaban J connectivity index is 1.87. The zero-order chi connectivity index (χ0) is 14.5. The average molecular weight is 292 g/mol. The van der Waals surface area contributed by atoms with Crippen molar-refractivity contribution < 1.29 is 14.7 Å². The smallest absolute Gasteiger partial charge is 0.317 e. The van der Waals surface area contributed by atoms with Crippen LogP contribution in [-0.2, 0) is 11.3 Å². The SMILES string of the molecule is CN(CCC(=O)O)C(=O)NCc1ccc2sccc2c1. The van der Waals surface area contributed by atoms with E-state index in [2.05, 4.69) is 5.32 Å². The Hall–Kier alpha value is -2.08. The minimum atomic E-state index is -0.910. The van der Waals surface area contributed by atoms with Crippen molar-refractivity contribution in [2.45, 2.75) is 13.0 Å². The molecule has 0 fully saturated rings. The van der Waals surface area contributed by atoms with Gasteiger partial charge in [-0.25, -0.2) is 4.79 Å². The average Bonchev–Trinajstić information content (AvgIpc) is 2.89. The zero-order valence-corrected chi connectivity index (χ0v) is 11.9. The molecule has 1 aromatic carbocycles. The lowest BCUT2D eigenvalue weighted by molar-refractivity contribution is -0.137. The normalized spacial score (nSPS) is 10.4. The largest absolute Gasteiger partial charge is 0.481 e. The lowest BCUT2D eigenvalue weighted by Gasteiger charge is -2.16. The number of fused-ring (bicyclic) bond motifs is 1. The van der Waals surface area contributed by atoms with E-state index in [-0.39, 0.29) is 19.0 Å². The van der Waals surface area contributed by atoms with E-state index in [0.29, 0.717) is 6.54 Å². The molecule has 2 aromatic rings. The number of urea groups is 1. The minimum Gasteiger partial charge on any atom is -0.481 e. The summed E-state index contributed by atoms with van der Waals surface area (Å²) in [6.45, 7) is 0.632. The first-order chi connectivity index (χ1) is 9.56. The molecular weight excluding hydrogens is 276 g/mol. The molecule has 20 heavy (non-hydrogen) atoms. The molecule has 0 aliphatic heterocycles. The summed E-state index contributed by atoms with van der Waals surface area (Å²) < 4.78 is 1.22. The topological polar surface area (TPSA) is 69.6 Å². The Morgan fingerprint density at radius 1 is 1.35 bits per heavy atom. The highest BCUT2D eigenvalue weighted by Crippen LogP contribution is 2.21. The molecule has 0 atom stereocenters. The van der Waals surface area contributed by atoms with Crippen LogP contribution in [0.2, 0.25) is 0 Å². The fourth-order valence-corrected chi connectivity index (χ4v) is 2.57. The lowest BCUT2D eigenvalue weighted by Crippen LogP contribution is -2.37. The van der Waals surface area contributed by atoms with Crippen molar-refractivity contribution in [3.63, 3.8) is 0 Å². The van der Waals surface area contributed by atoms with E-state index < -0.39 is 5.97 Å². The van der Waals surface area contributed by atoms with Crippen LogP contribution in [0.15, 0.2) is 29.6 Å². The van der Waals surface area contributed by atoms with E-state index in [1.807, 2.05) is 29.6 Å². The summed E-state index contributed by atoms with van der Waals surface area (Å²) in [5, 5.41) is 14.6. The predicted octanol–water partition coefficient (Wildman–Crippen LogP) is 2.52. The summed E-state index contributed by atoms with van der Waals surface area (Å²) in [5.41, 5.74) is 1.02. The van der Waals surface area contributed by atoms with E-state index in [0.717, 1.165) is 5.56 Å². The van der Waals surface area contributed by atoms with Crippen LogP contribution in [0.1, 0.15) is 12.0 Å². The summed E-state index contributed by atoms with van der Waals surface area (Å²) in [6, 6.07) is 7.84. The zero-order valence-electron chi connectivity index (χ0n) is 11.1. The van der Waals surface area contributed by atoms with Gasteiger partial charge in [-0.1, -0.05) is 6.07 Å². The quantitative estimate of drug-likeness (QED) is 0.889. The second-order valence-corrected chi connectivity index (χ2v) is 5.46. The summed E-state index contributed by atoms with van der Waals surface area (Å²) in [5.74, 6) is -0.910. The third kappa shape index (κ3) is 3.71. The predicted molar refractivity (Wildman–Crippen MR) is 78.9 cm³/mol. The first-order valence-corrected chi connectivity index (χ1v) is 7.11. The Morgan fingerprint density at radius 2 is 2.15 bits per heavy atom. The molecule has 1 heterocycles. The minimum absolute atomic E-state index is 0.0508. The molecule has 0 unspecified atom stereocenters. The molecule has 5 nitrogen and oxygen atoms in total. The van der Waals surface area contributed by atoms with Gasteiger partial charge in [-0.15, -0.1) is 11.3 Å². The van der Waals surface area contributed by atoms with Crippen LogP contribution in [0.25, 0.3) is 10.1 Å². The van der Waals surface area contributed by atoms with Crippen LogP contribution < -0.4 is 5.32 Å². The third-order valence-corrected chi connectivity index (χ3v) is 3.87. The first kappa shape index (κ1) is 14.3. The fourth-order valence-electron chi connectivity index (χ4n) is 1.80. The van der Waals surface area contributed by atoms with Crippen molar-refractivity contribution in [2.24, 2.45) is 0 Å². The van der Waals surface area contributed by atoms with Gasteiger partial charge in [-0.2, -0.15) is 0 Å². The van der Waals surface area contributed by atoms with E-state index in [4.69, 9.17) is 5.11 Å². The maximum Gasteiger partial charge on any atom is 0.317 e. The Morgan fingerprint density at radius 3 is 2.90 bits per heavy atom. The molecule has 2 rings (SSSR count). The molecule has 0 aliphatic carbocycles. The standard InChI is InChI=1S/C14H16N2O3S/c1-16(6-4-13(17)18)14(19)15-9-10-2-3-12-11(8-10)5-7-20-12/h2-3,5,7-8H,4,6,9H2,1H3,(H,15,19)(H,17,18). The van der Waals surface area contributed by atoms with Crippen LogP contribution in [-0.4, -0.2) is 35.6 Å². The lowest BCUT2D eigenvalue weighted by atomic mass is 10.2. The van der Waals surface area contributed by atoms with Crippen molar-refractivity contribution in [3.05, 3.63) is 35.2 Å². The number of amides is 2. The van der Waals surface area contributed by atoms with Crippen molar-refractivity contribution in [1.82, 2.24) is 10.2 Å². The van der Waals surface area contributed by atoms with Crippen LogP contribution in [0.3, 0.4) is 0 Å². The molecule has 2 amide bonds. The number of nitrogens with one attached hydrogen (secondary N) is 1. The highest BCUT2D eigenvalue weighted by Gasteiger charge is 2.09. The molecule has 1 aromatic heterocycles. The van der Waals surface area contributed by atoms with Gasteiger partial charge in [-0.05, 0) is 34.5 Å². The van der Waals surface area contributed by atoms with Crippen molar-refractivity contribution in [3.8, 4) is 0 Å². The number of carbonyl (C=O) groups is 2. The molecule has 0 spiro atoms. The number of carbonyl (C=O) groups excluding carboxylic acids is 1. The van der Waals surface area contributed by atoms with Gasteiger partial charge < -0.3 is 15.3 Å². The molecule has 2 N–H and O–H groups in total. The number of hydrogen-bond acceptors (Lipinski definition) is 3. The van der Waals surface area contributed by atoms with Crippen molar-refractivity contribution >= 4 is 33.4 Å². The van der Waals surface area contributed by atoms with Crippen LogP contribution in [0.4, 0.5) is 4.79 Å². The molecule has 0 saturated carbocycles.